The van der Waals surface area contributed by atoms with E-state index in [2.05, 4.69) is 26.3 Å². The molecule has 0 radical (unpaired) electrons. The van der Waals surface area contributed by atoms with Crippen LogP contribution in [-0.4, -0.2) is 29.1 Å². The van der Waals surface area contributed by atoms with Crippen molar-refractivity contribution in [2.45, 2.75) is 25.8 Å². The van der Waals surface area contributed by atoms with E-state index < -0.39 is 0 Å². The van der Waals surface area contributed by atoms with Crippen LogP contribution in [0.2, 0.25) is 0 Å². The molecule has 5 heteroatoms. The Balaban J connectivity index is 1.28. The second kappa shape index (κ2) is 5.82. The Morgan fingerprint density at radius 3 is 3.28 bits per heavy atom. The third kappa shape index (κ3) is 3.31. The smallest absolute Gasteiger partial charge is 0.193 e. The summed E-state index contributed by atoms with van der Waals surface area (Å²) in [7, 11) is 0. The summed E-state index contributed by atoms with van der Waals surface area (Å²) in [5.41, 5.74) is 1.11. The zero-order chi connectivity index (χ0) is 12.2. The van der Waals surface area contributed by atoms with Gasteiger partial charge in [-0.3, -0.25) is 4.40 Å². The first-order valence-corrected chi connectivity index (χ1v) is 7.49. The number of ether oxygens (including phenoxy) is 1. The number of nitrogens with zero attached hydrogens (tertiary/aromatic N) is 2. The van der Waals surface area contributed by atoms with E-state index in [-0.39, 0.29) is 0 Å². The summed E-state index contributed by atoms with van der Waals surface area (Å²) >= 11 is 1.67. The van der Waals surface area contributed by atoms with E-state index in [1.807, 2.05) is 6.20 Å². The molecular weight excluding hydrogens is 246 g/mol. The quantitative estimate of drug-likeness (QED) is 0.744. The fourth-order valence-corrected chi connectivity index (χ4v) is 2.63. The summed E-state index contributed by atoms with van der Waals surface area (Å²) in [6, 6.07) is 0. The maximum Gasteiger partial charge on any atom is 0.193 e. The van der Waals surface area contributed by atoms with Gasteiger partial charge in [-0.05, 0) is 31.7 Å². The van der Waals surface area contributed by atoms with E-state index in [1.54, 1.807) is 11.3 Å². The van der Waals surface area contributed by atoms with Crippen molar-refractivity contribution in [2.75, 3.05) is 19.8 Å². The number of hydrogen-bond acceptors (Lipinski definition) is 4. The van der Waals surface area contributed by atoms with Crippen molar-refractivity contribution in [3.8, 4) is 0 Å². The molecule has 2 aromatic heterocycles. The first kappa shape index (κ1) is 12.1. The van der Waals surface area contributed by atoms with Gasteiger partial charge in [-0.25, -0.2) is 4.98 Å². The van der Waals surface area contributed by atoms with Crippen molar-refractivity contribution in [3.05, 3.63) is 23.5 Å². The molecule has 98 valence electrons. The third-order valence-corrected chi connectivity index (χ3v) is 3.91. The molecule has 0 atom stereocenters. The highest BCUT2D eigenvalue weighted by atomic mass is 32.1. The summed E-state index contributed by atoms with van der Waals surface area (Å²) in [6.07, 6.45) is 7.95. The Morgan fingerprint density at radius 1 is 1.50 bits per heavy atom. The second-order valence-corrected chi connectivity index (χ2v) is 5.75. The first-order valence-electron chi connectivity index (χ1n) is 6.61. The van der Waals surface area contributed by atoms with Crippen LogP contribution in [0, 0.1) is 5.92 Å². The van der Waals surface area contributed by atoms with Gasteiger partial charge in [0, 0.05) is 37.5 Å². The molecule has 1 N–H and O–H groups in total. The lowest BCUT2D eigenvalue weighted by molar-refractivity contribution is 0.122. The van der Waals surface area contributed by atoms with Crippen LogP contribution in [0.15, 0.2) is 17.8 Å². The topological polar surface area (TPSA) is 38.6 Å². The number of rotatable bonds is 8. The number of thiazole rings is 1. The SMILES string of the molecule is c1cn2cc(CNCCCOCC3CC3)nc2s1. The number of nitrogens with one attached hydrogen (secondary N) is 1. The Bertz CT molecular complexity index is 461. The standard InChI is InChI=1S/C13H19N3OS/c1(6-17-10-11-2-3-11)4-14-8-12-9-16-5-7-18-13(16)15-12/h5,7,9,11,14H,1-4,6,8,10H2. The van der Waals surface area contributed by atoms with E-state index >= 15 is 0 Å². The monoisotopic (exact) mass is 265 g/mol. The molecule has 2 heterocycles. The molecule has 2 aromatic rings. The predicted octanol–water partition coefficient (Wildman–Crippen LogP) is 2.30. The van der Waals surface area contributed by atoms with Crippen LogP contribution < -0.4 is 5.32 Å². The van der Waals surface area contributed by atoms with Gasteiger partial charge in [-0.1, -0.05) is 0 Å². The lowest BCUT2D eigenvalue weighted by atomic mass is 10.4. The summed E-state index contributed by atoms with van der Waals surface area (Å²) in [5.74, 6) is 0.872. The Hall–Kier alpha value is -0.910. The maximum atomic E-state index is 5.59. The van der Waals surface area contributed by atoms with Gasteiger partial charge in [0.15, 0.2) is 4.96 Å². The summed E-state index contributed by atoms with van der Waals surface area (Å²) in [6.45, 7) is 3.69. The molecule has 0 amide bonds. The zero-order valence-electron chi connectivity index (χ0n) is 10.5. The van der Waals surface area contributed by atoms with Crippen LogP contribution in [0.5, 0.6) is 0 Å². The molecule has 1 saturated carbocycles. The third-order valence-electron chi connectivity index (χ3n) is 3.14. The molecule has 18 heavy (non-hydrogen) atoms. The second-order valence-electron chi connectivity index (χ2n) is 4.87. The molecule has 0 aromatic carbocycles. The number of hydrogen-bond donors (Lipinski definition) is 1. The highest BCUT2D eigenvalue weighted by molar-refractivity contribution is 7.15. The molecule has 0 aliphatic heterocycles. The molecule has 0 saturated heterocycles. The van der Waals surface area contributed by atoms with Crippen molar-refractivity contribution < 1.29 is 4.74 Å². The van der Waals surface area contributed by atoms with Crippen molar-refractivity contribution in [1.82, 2.24) is 14.7 Å². The molecule has 0 bridgehead atoms. The van der Waals surface area contributed by atoms with Gasteiger partial charge in [-0.15, -0.1) is 11.3 Å². The maximum absolute atomic E-state index is 5.59. The lowest BCUT2D eigenvalue weighted by Gasteiger charge is -2.04. The van der Waals surface area contributed by atoms with Gasteiger partial charge in [0.25, 0.3) is 0 Å². The highest BCUT2D eigenvalue weighted by Crippen LogP contribution is 2.28. The van der Waals surface area contributed by atoms with Gasteiger partial charge < -0.3 is 10.1 Å². The fourth-order valence-electron chi connectivity index (χ4n) is 1.91. The van der Waals surface area contributed by atoms with Gasteiger partial charge >= 0.3 is 0 Å². The van der Waals surface area contributed by atoms with Crippen LogP contribution >= 0.6 is 11.3 Å². The minimum atomic E-state index is 0.844. The first-order chi connectivity index (χ1) is 8.92. The summed E-state index contributed by atoms with van der Waals surface area (Å²) in [4.78, 5) is 5.59. The number of aromatic nitrogens is 2. The summed E-state index contributed by atoms with van der Waals surface area (Å²) in [5, 5.41) is 5.46. The number of imidazole rings is 1. The molecule has 1 fully saturated rings. The largest absolute Gasteiger partial charge is 0.381 e. The highest BCUT2D eigenvalue weighted by Gasteiger charge is 2.20. The Labute approximate surface area is 111 Å². The van der Waals surface area contributed by atoms with E-state index in [0.29, 0.717) is 0 Å². The molecular formula is C13H19N3OS. The molecule has 0 unspecified atom stereocenters. The fraction of sp³-hybridized carbons (Fsp3) is 0.615. The van der Waals surface area contributed by atoms with Crippen molar-refractivity contribution in [3.63, 3.8) is 0 Å². The van der Waals surface area contributed by atoms with Gasteiger partial charge in [0.1, 0.15) is 0 Å². The van der Waals surface area contributed by atoms with Gasteiger partial charge in [0.2, 0.25) is 0 Å². The van der Waals surface area contributed by atoms with Crippen molar-refractivity contribution >= 4 is 16.3 Å². The van der Waals surface area contributed by atoms with Crippen LogP contribution in [0.4, 0.5) is 0 Å². The van der Waals surface area contributed by atoms with Gasteiger partial charge in [0.05, 0.1) is 5.69 Å². The van der Waals surface area contributed by atoms with E-state index in [4.69, 9.17) is 4.74 Å². The minimum absolute atomic E-state index is 0.844. The normalized spacial score (nSPS) is 15.6. The van der Waals surface area contributed by atoms with E-state index in [9.17, 15) is 0 Å². The summed E-state index contributed by atoms with van der Waals surface area (Å²) < 4.78 is 7.66. The van der Waals surface area contributed by atoms with Crippen LogP contribution in [0.3, 0.4) is 0 Å². The minimum Gasteiger partial charge on any atom is -0.381 e. The number of fused-ring (bicyclic) bond motifs is 1. The molecule has 1 aliphatic carbocycles. The molecule has 3 rings (SSSR count). The lowest BCUT2D eigenvalue weighted by Crippen LogP contribution is -2.16. The molecule has 4 nitrogen and oxygen atoms in total. The Morgan fingerprint density at radius 2 is 2.44 bits per heavy atom. The average molecular weight is 265 g/mol. The van der Waals surface area contributed by atoms with Crippen molar-refractivity contribution in [1.29, 1.82) is 0 Å². The van der Waals surface area contributed by atoms with Crippen molar-refractivity contribution in [2.24, 2.45) is 5.92 Å². The molecule has 1 aliphatic rings. The predicted molar refractivity (Wildman–Crippen MR) is 72.9 cm³/mol. The van der Waals surface area contributed by atoms with Crippen LogP contribution in [0.1, 0.15) is 25.0 Å². The van der Waals surface area contributed by atoms with Gasteiger partial charge in [-0.2, -0.15) is 0 Å². The van der Waals surface area contributed by atoms with E-state index in [0.717, 1.165) is 49.3 Å². The zero-order valence-corrected chi connectivity index (χ0v) is 11.3. The molecule has 0 spiro atoms. The van der Waals surface area contributed by atoms with Crippen LogP contribution in [0.25, 0.3) is 4.96 Å². The van der Waals surface area contributed by atoms with E-state index in [1.165, 1.54) is 12.8 Å². The average Bonchev–Trinajstić information content (AvgIpc) is 2.94. The van der Waals surface area contributed by atoms with Crippen LogP contribution in [-0.2, 0) is 11.3 Å². The Kier molecular flexibility index (Phi) is 3.93.